The molecule has 0 aliphatic carbocycles. The Morgan fingerprint density at radius 3 is 2.56 bits per heavy atom. The molecule has 1 aromatic rings. The molecular formula is C12H19BO3. The third kappa shape index (κ3) is 3.54. The van der Waals surface area contributed by atoms with Gasteiger partial charge in [-0.3, -0.25) is 0 Å². The zero-order valence-electron chi connectivity index (χ0n) is 10.1. The zero-order chi connectivity index (χ0) is 12.1. The van der Waals surface area contributed by atoms with E-state index >= 15 is 0 Å². The van der Waals surface area contributed by atoms with E-state index in [9.17, 15) is 0 Å². The van der Waals surface area contributed by atoms with Gasteiger partial charge in [-0.1, -0.05) is 25.5 Å². The molecule has 1 unspecified atom stereocenters. The van der Waals surface area contributed by atoms with Gasteiger partial charge in [-0.2, -0.15) is 0 Å². The largest absolute Gasteiger partial charge is 0.490 e. The number of hydrogen-bond acceptors (Lipinski definition) is 3. The molecule has 0 spiro atoms. The molecule has 3 nitrogen and oxygen atoms in total. The zero-order valence-corrected chi connectivity index (χ0v) is 10.1. The molecular weight excluding hydrogens is 203 g/mol. The molecule has 0 heterocycles. The lowest BCUT2D eigenvalue weighted by Gasteiger charge is -2.16. The van der Waals surface area contributed by atoms with Crippen molar-refractivity contribution in [2.45, 2.75) is 39.7 Å². The van der Waals surface area contributed by atoms with Crippen LogP contribution in [0, 0.1) is 6.92 Å². The summed E-state index contributed by atoms with van der Waals surface area (Å²) in [6.45, 7) is 6.07. The predicted octanol–water partition coefficient (Wildman–Crippen LogP) is 1.24. The Morgan fingerprint density at radius 1 is 1.38 bits per heavy atom. The fourth-order valence-electron chi connectivity index (χ4n) is 1.65. The summed E-state index contributed by atoms with van der Waals surface area (Å²) in [6, 6.07) is 5.20. The second-order valence-corrected chi connectivity index (χ2v) is 4.12. The molecule has 4 heteroatoms. The minimum atomic E-state index is -1.42. The van der Waals surface area contributed by atoms with Crippen molar-refractivity contribution in [3.05, 3.63) is 23.8 Å². The number of hydrogen-bond donors (Lipinski definition) is 2. The Morgan fingerprint density at radius 2 is 2.06 bits per heavy atom. The summed E-state index contributed by atoms with van der Waals surface area (Å²) in [5.74, 6) is 0.811. The molecule has 0 aliphatic rings. The van der Waals surface area contributed by atoms with Crippen LogP contribution in [-0.4, -0.2) is 23.3 Å². The molecule has 0 aliphatic heterocycles. The average Bonchev–Trinajstić information content (AvgIpc) is 2.21. The van der Waals surface area contributed by atoms with Gasteiger partial charge in [-0.05, 0) is 37.4 Å². The topological polar surface area (TPSA) is 49.7 Å². The number of aryl methyl sites for hydroxylation is 1. The quantitative estimate of drug-likeness (QED) is 0.737. The first-order valence-corrected chi connectivity index (χ1v) is 5.68. The molecule has 16 heavy (non-hydrogen) atoms. The van der Waals surface area contributed by atoms with Gasteiger partial charge in [0.05, 0.1) is 6.10 Å². The van der Waals surface area contributed by atoms with Crippen LogP contribution in [0.5, 0.6) is 5.75 Å². The standard InChI is InChI=1S/C12H19BO3/c1-4-5-10(3)16-12-7-6-11(13(14)15)8-9(12)2/h6-8,10,14-15H,4-5H2,1-3H3. The minimum Gasteiger partial charge on any atom is -0.490 e. The molecule has 0 saturated heterocycles. The minimum absolute atomic E-state index is 0.189. The summed E-state index contributed by atoms with van der Waals surface area (Å²) in [5, 5.41) is 18.0. The monoisotopic (exact) mass is 222 g/mol. The van der Waals surface area contributed by atoms with Crippen molar-refractivity contribution in [3.8, 4) is 5.75 Å². The molecule has 1 rings (SSSR count). The Kier molecular flexibility index (Phi) is 4.84. The lowest BCUT2D eigenvalue weighted by molar-refractivity contribution is 0.208. The molecule has 88 valence electrons. The van der Waals surface area contributed by atoms with E-state index in [0.717, 1.165) is 24.2 Å². The molecule has 0 aromatic heterocycles. The maximum absolute atomic E-state index is 9.02. The summed E-state index contributed by atoms with van der Waals surface area (Å²) < 4.78 is 5.76. The second-order valence-electron chi connectivity index (χ2n) is 4.12. The number of rotatable bonds is 5. The van der Waals surface area contributed by atoms with E-state index < -0.39 is 7.12 Å². The molecule has 1 aromatic carbocycles. The van der Waals surface area contributed by atoms with Gasteiger partial charge in [0.25, 0.3) is 0 Å². The first kappa shape index (κ1) is 13.1. The molecule has 2 N–H and O–H groups in total. The number of benzene rings is 1. The van der Waals surface area contributed by atoms with Crippen LogP contribution in [0.4, 0.5) is 0 Å². The van der Waals surface area contributed by atoms with Crippen molar-refractivity contribution in [1.29, 1.82) is 0 Å². The van der Waals surface area contributed by atoms with Crippen LogP contribution in [0.2, 0.25) is 0 Å². The lowest BCUT2D eigenvalue weighted by Crippen LogP contribution is -2.30. The smallest absolute Gasteiger partial charge is 0.488 e. The maximum Gasteiger partial charge on any atom is 0.488 e. The third-order valence-electron chi connectivity index (χ3n) is 2.52. The highest BCUT2D eigenvalue weighted by Crippen LogP contribution is 2.18. The second kappa shape index (κ2) is 5.92. The van der Waals surface area contributed by atoms with Crippen LogP contribution in [0.1, 0.15) is 32.3 Å². The molecule has 0 bridgehead atoms. The molecule has 0 amide bonds. The van der Waals surface area contributed by atoms with Crippen molar-refractivity contribution in [2.75, 3.05) is 0 Å². The van der Waals surface area contributed by atoms with E-state index in [0.29, 0.717) is 5.46 Å². The van der Waals surface area contributed by atoms with Crippen molar-refractivity contribution >= 4 is 12.6 Å². The van der Waals surface area contributed by atoms with Crippen LogP contribution in [0.15, 0.2) is 18.2 Å². The van der Waals surface area contributed by atoms with Crippen LogP contribution < -0.4 is 10.2 Å². The SMILES string of the molecule is CCCC(C)Oc1ccc(B(O)O)cc1C. The molecule has 0 saturated carbocycles. The van der Waals surface area contributed by atoms with Gasteiger partial charge in [0.1, 0.15) is 5.75 Å². The van der Waals surface area contributed by atoms with E-state index in [1.807, 2.05) is 13.8 Å². The van der Waals surface area contributed by atoms with Gasteiger partial charge in [0.15, 0.2) is 0 Å². The Bertz CT molecular complexity index is 339. The highest BCUT2D eigenvalue weighted by molar-refractivity contribution is 6.58. The maximum atomic E-state index is 9.02. The fourth-order valence-corrected chi connectivity index (χ4v) is 1.65. The van der Waals surface area contributed by atoms with Gasteiger partial charge in [0.2, 0.25) is 0 Å². The average molecular weight is 222 g/mol. The first-order chi connectivity index (χ1) is 7.54. The van der Waals surface area contributed by atoms with Gasteiger partial charge in [-0.25, -0.2) is 0 Å². The van der Waals surface area contributed by atoms with Crippen LogP contribution >= 0.6 is 0 Å². The summed E-state index contributed by atoms with van der Waals surface area (Å²) in [6.07, 6.45) is 2.30. The van der Waals surface area contributed by atoms with E-state index in [1.165, 1.54) is 0 Å². The van der Waals surface area contributed by atoms with Crippen molar-refractivity contribution in [1.82, 2.24) is 0 Å². The van der Waals surface area contributed by atoms with Gasteiger partial charge < -0.3 is 14.8 Å². The van der Waals surface area contributed by atoms with Crippen LogP contribution in [-0.2, 0) is 0 Å². The van der Waals surface area contributed by atoms with Crippen LogP contribution in [0.3, 0.4) is 0 Å². The van der Waals surface area contributed by atoms with E-state index in [4.69, 9.17) is 14.8 Å². The van der Waals surface area contributed by atoms with Crippen molar-refractivity contribution in [3.63, 3.8) is 0 Å². The normalized spacial score (nSPS) is 12.3. The Balaban J connectivity index is 2.75. The van der Waals surface area contributed by atoms with E-state index in [2.05, 4.69) is 6.92 Å². The summed E-state index contributed by atoms with van der Waals surface area (Å²) in [7, 11) is -1.42. The summed E-state index contributed by atoms with van der Waals surface area (Å²) in [5.41, 5.74) is 1.42. The van der Waals surface area contributed by atoms with E-state index in [1.54, 1.807) is 18.2 Å². The molecule has 0 radical (unpaired) electrons. The summed E-state index contributed by atoms with van der Waals surface area (Å²) in [4.78, 5) is 0. The molecule has 1 atom stereocenters. The molecule has 0 fully saturated rings. The third-order valence-corrected chi connectivity index (χ3v) is 2.52. The van der Waals surface area contributed by atoms with Crippen LogP contribution in [0.25, 0.3) is 0 Å². The first-order valence-electron chi connectivity index (χ1n) is 5.68. The van der Waals surface area contributed by atoms with Crippen molar-refractivity contribution in [2.24, 2.45) is 0 Å². The van der Waals surface area contributed by atoms with Gasteiger partial charge in [0, 0.05) is 0 Å². The van der Waals surface area contributed by atoms with Gasteiger partial charge in [-0.15, -0.1) is 0 Å². The Hall–Kier alpha value is -0.995. The van der Waals surface area contributed by atoms with Crippen molar-refractivity contribution < 1.29 is 14.8 Å². The van der Waals surface area contributed by atoms with Gasteiger partial charge >= 0.3 is 7.12 Å². The Labute approximate surface area is 97.2 Å². The summed E-state index contributed by atoms with van der Waals surface area (Å²) >= 11 is 0. The number of ether oxygens (including phenoxy) is 1. The highest BCUT2D eigenvalue weighted by Gasteiger charge is 2.13. The lowest BCUT2D eigenvalue weighted by atomic mass is 9.79. The predicted molar refractivity (Wildman–Crippen MR) is 66.0 cm³/mol. The van der Waals surface area contributed by atoms with E-state index in [-0.39, 0.29) is 6.10 Å². The highest BCUT2D eigenvalue weighted by atomic mass is 16.5. The fraction of sp³-hybridized carbons (Fsp3) is 0.500.